The lowest BCUT2D eigenvalue weighted by Gasteiger charge is -2.24. The topological polar surface area (TPSA) is 119 Å². The molecule has 0 unspecified atom stereocenters. The molecule has 0 aliphatic carbocycles. The Hall–Kier alpha value is -3.57. The van der Waals surface area contributed by atoms with Crippen LogP contribution in [0.4, 0.5) is 11.4 Å². The van der Waals surface area contributed by atoms with Gasteiger partial charge >= 0.3 is 0 Å². The lowest BCUT2D eigenvalue weighted by atomic mass is 10.2. The van der Waals surface area contributed by atoms with Crippen LogP contribution < -0.4 is 14.4 Å². The molecule has 1 N–H and O–H groups in total. The molecule has 0 saturated carbocycles. The zero-order valence-electron chi connectivity index (χ0n) is 19.2. The molecule has 9 nitrogen and oxygen atoms in total. The molecule has 1 amide bonds. The summed E-state index contributed by atoms with van der Waals surface area (Å²) in [6.07, 6.45) is 0. The van der Waals surface area contributed by atoms with E-state index in [2.05, 4.69) is 5.32 Å². The van der Waals surface area contributed by atoms with Gasteiger partial charge in [0, 0.05) is 28.8 Å². The van der Waals surface area contributed by atoms with Crippen molar-refractivity contribution in [2.75, 3.05) is 30.3 Å². The Morgan fingerprint density at radius 2 is 1.77 bits per heavy atom. The van der Waals surface area contributed by atoms with E-state index in [0.717, 1.165) is 15.3 Å². The predicted molar refractivity (Wildman–Crippen MR) is 136 cm³/mol. The van der Waals surface area contributed by atoms with Gasteiger partial charge in [0.05, 0.1) is 22.6 Å². The monoisotopic (exact) mass is 515 g/mol. The number of nitrogens with zero attached hydrogens (tertiary/aromatic N) is 2. The minimum absolute atomic E-state index is 0.225. The molecule has 0 aliphatic rings. The maximum absolute atomic E-state index is 13.5. The van der Waals surface area contributed by atoms with Gasteiger partial charge in [-0.25, -0.2) is 8.42 Å². The second-order valence-electron chi connectivity index (χ2n) is 7.43. The highest BCUT2D eigenvalue weighted by Crippen LogP contribution is 2.29. The fourth-order valence-corrected chi connectivity index (χ4v) is 5.43. The molecule has 0 atom stereocenters. The maximum atomic E-state index is 13.5. The van der Waals surface area contributed by atoms with Crippen LogP contribution in [0, 0.1) is 17.0 Å². The van der Waals surface area contributed by atoms with Crippen LogP contribution in [0.25, 0.3) is 0 Å². The van der Waals surface area contributed by atoms with Gasteiger partial charge in [-0.05, 0) is 49.4 Å². The quantitative estimate of drug-likeness (QED) is 0.177. The van der Waals surface area contributed by atoms with Crippen LogP contribution in [-0.4, -0.2) is 45.2 Å². The number of amides is 1. The number of sulfonamides is 1. The standard InChI is InChI=1S/C24H25N3O6S2/c1-18-8-13-22(16-23(18)27(29)30)35(31,32)26(19-9-11-20(33-2)12-10-19)17-24(28)25-14-15-34-21-6-4-3-5-7-21/h3-13,16H,14-15,17H2,1-2H3,(H,25,28). The molecule has 35 heavy (non-hydrogen) atoms. The van der Waals surface area contributed by atoms with Crippen molar-refractivity contribution in [1.29, 1.82) is 0 Å². The van der Waals surface area contributed by atoms with E-state index < -0.39 is 27.4 Å². The first-order valence-electron chi connectivity index (χ1n) is 10.6. The third-order valence-electron chi connectivity index (χ3n) is 5.05. The number of carbonyl (C=O) groups is 1. The third kappa shape index (κ3) is 6.74. The van der Waals surface area contributed by atoms with Gasteiger partial charge in [0.15, 0.2) is 0 Å². The number of hydrogen-bond acceptors (Lipinski definition) is 7. The number of ether oxygens (including phenoxy) is 1. The molecule has 0 saturated heterocycles. The first kappa shape index (κ1) is 26.0. The minimum atomic E-state index is -4.29. The number of carbonyl (C=O) groups excluding carboxylic acids is 1. The van der Waals surface area contributed by atoms with Gasteiger partial charge in [-0.3, -0.25) is 19.2 Å². The normalized spacial score (nSPS) is 11.0. The SMILES string of the molecule is COc1ccc(N(CC(=O)NCCSc2ccccc2)S(=O)(=O)c2ccc(C)c([N+](=O)[O-])c2)cc1. The summed E-state index contributed by atoms with van der Waals surface area (Å²) in [6.45, 7) is 1.37. The highest BCUT2D eigenvalue weighted by atomic mass is 32.2. The number of anilines is 1. The van der Waals surface area contributed by atoms with Crippen LogP contribution in [0.1, 0.15) is 5.56 Å². The number of aryl methyl sites for hydroxylation is 1. The second-order valence-corrected chi connectivity index (χ2v) is 10.5. The fourth-order valence-electron chi connectivity index (χ4n) is 3.20. The summed E-state index contributed by atoms with van der Waals surface area (Å²) >= 11 is 1.57. The van der Waals surface area contributed by atoms with Crippen LogP contribution in [0.3, 0.4) is 0 Å². The van der Waals surface area contributed by atoms with Crippen molar-refractivity contribution in [2.45, 2.75) is 16.7 Å². The highest BCUT2D eigenvalue weighted by molar-refractivity contribution is 7.99. The van der Waals surface area contributed by atoms with Crippen LogP contribution in [0.15, 0.2) is 82.6 Å². The predicted octanol–water partition coefficient (Wildman–Crippen LogP) is 4.02. The number of hydrogen-bond donors (Lipinski definition) is 1. The zero-order valence-corrected chi connectivity index (χ0v) is 20.8. The van der Waals surface area contributed by atoms with E-state index in [9.17, 15) is 23.3 Å². The van der Waals surface area contributed by atoms with Crippen molar-refractivity contribution in [1.82, 2.24) is 5.32 Å². The van der Waals surface area contributed by atoms with Gasteiger partial charge in [-0.15, -0.1) is 11.8 Å². The summed E-state index contributed by atoms with van der Waals surface area (Å²) in [5.41, 5.74) is 0.240. The molecular weight excluding hydrogens is 490 g/mol. The smallest absolute Gasteiger partial charge is 0.273 e. The van der Waals surface area contributed by atoms with E-state index in [1.165, 1.54) is 38.3 Å². The van der Waals surface area contributed by atoms with E-state index in [-0.39, 0.29) is 16.3 Å². The van der Waals surface area contributed by atoms with Crippen molar-refractivity contribution in [2.24, 2.45) is 0 Å². The molecule has 0 heterocycles. The lowest BCUT2D eigenvalue weighted by Crippen LogP contribution is -2.41. The van der Waals surface area contributed by atoms with Gasteiger partial charge in [0.25, 0.3) is 15.7 Å². The highest BCUT2D eigenvalue weighted by Gasteiger charge is 2.29. The van der Waals surface area contributed by atoms with Gasteiger partial charge in [0.1, 0.15) is 12.3 Å². The maximum Gasteiger partial charge on any atom is 0.273 e. The Kier molecular flexibility index (Phi) is 8.72. The van der Waals surface area contributed by atoms with Crippen molar-refractivity contribution < 1.29 is 22.9 Å². The molecule has 0 aliphatic heterocycles. The molecule has 3 aromatic rings. The van der Waals surface area contributed by atoms with E-state index in [1.807, 2.05) is 30.3 Å². The third-order valence-corrected chi connectivity index (χ3v) is 7.83. The summed E-state index contributed by atoms with van der Waals surface area (Å²) < 4.78 is 33.1. The fraction of sp³-hybridized carbons (Fsp3) is 0.208. The molecular formula is C24H25N3O6S2. The molecule has 0 fully saturated rings. The Labute approximate surface area is 208 Å². The average molecular weight is 516 g/mol. The van der Waals surface area contributed by atoms with Gasteiger partial charge in [0.2, 0.25) is 5.91 Å². The second kappa shape index (κ2) is 11.7. The zero-order chi connectivity index (χ0) is 25.4. The number of benzene rings is 3. The van der Waals surface area contributed by atoms with E-state index in [1.54, 1.807) is 23.9 Å². The Bertz CT molecular complexity index is 1280. The average Bonchev–Trinajstić information content (AvgIpc) is 2.86. The molecule has 184 valence electrons. The number of thioether (sulfide) groups is 1. The van der Waals surface area contributed by atoms with Crippen molar-refractivity contribution in [3.63, 3.8) is 0 Å². The molecule has 0 bridgehead atoms. The molecule has 0 spiro atoms. The van der Waals surface area contributed by atoms with Crippen LogP contribution in [-0.2, 0) is 14.8 Å². The number of nitrogens with one attached hydrogen (secondary N) is 1. The molecule has 11 heteroatoms. The Morgan fingerprint density at radius 1 is 1.09 bits per heavy atom. The van der Waals surface area contributed by atoms with Crippen LogP contribution in [0.2, 0.25) is 0 Å². The van der Waals surface area contributed by atoms with E-state index in [0.29, 0.717) is 23.6 Å². The Morgan fingerprint density at radius 3 is 2.40 bits per heavy atom. The first-order chi connectivity index (χ1) is 16.7. The largest absolute Gasteiger partial charge is 0.497 e. The molecule has 0 radical (unpaired) electrons. The summed E-state index contributed by atoms with van der Waals surface area (Å²) in [5.74, 6) is 0.619. The first-order valence-corrected chi connectivity index (χ1v) is 13.0. The summed E-state index contributed by atoms with van der Waals surface area (Å²) in [6, 6.07) is 19.5. The van der Waals surface area contributed by atoms with E-state index in [4.69, 9.17) is 4.74 Å². The number of nitro benzene ring substituents is 1. The molecule has 3 rings (SSSR count). The number of methoxy groups -OCH3 is 1. The van der Waals surface area contributed by atoms with Gasteiger partial charge < -0.3 is 10.1 Å². The number of rotatable bonds is 11. The summed E-state index contributed by atoms with van der Waals surface area (Å²) in [5, 5.41) is 14.1. The molecule has 0 aromatic heterocycles. The van der Waals surface area contributed by atoms with Gasteiger partial charge in [-0.2, -0.15) is 0 Å². The minimum Gasteiger partial charge on any atom is -0.497 e. The summed E-state index contributed by atoms with van der Waals surface area (Å²) in [7, 11) is -2.81. The van der Waals surface area contributed by atoms with Crippen LogP contribution in [0.5, 0.6) is 5.75 Å². The lowest BCUT2D eigenvalue weighted by molar-refractivity contribution is -0.385. The van der Waals surface area contributed by atoms with Gasteiger partial charge in [-0.1, -0.05) is 24.3 Å². The number of nitro groups is 1. The van der Waals surface area contributed by atoms with Crippen molar-refractivity contribution in [3.8, 4) is 5.75 Å². The molecule has 3 aromatic carbocycles. The summed E-state index contributed by atoms with van der Waals surface area (Å²) in [4.78, 5) is 24.2. The van der Waals surface area contributed by atoms with Crippen LogP contribution >= 0.6 is 11.8 Å². The van der Waals surface area contributed by atoms with Crippen molar-refractivity contribution in [3.05, 3.63) is 88.5 Å². The Balaban J connectivity index is 1.81. The van der Waals surface area contributed by atoms with E-state index >= 15 is 0 Å². The van der Waals surface area contributed by atoms with Crippen molar-refractivity contribution >= 4 is 39.1 Å².